The summed E-state index contributed by atoms with van der Waals surface area (Å²) < 4.78 is 6.52. The van der Waals surface area contributed by atoms with E-state index in [4.69, 9.17) is 4.74 Å². The van der Waals surface area contributed by atoms with Crippen LogP contribution in [0.15, 0.2) is 22.7 Å². The Hall–Kier alpha value is -0.580. The number of halogens is 1. The fourth-order valence-corrected chi connectivity index (χ4v) is 2.49. The second-order valence-electron chi connectivity index (χ2n) is 4.94. The van der Waals surface area contributed by atoms with E-state index in [9.17, 15) is 0 Å². The van der Waals surface area contributed by atoms with Crippen LogP contribution in [-0.2, 0) is 11.3 Å². The molecule has 0 unspecified atom stereocenters. The zero-order chi connectivity index (χ0) is 14.3. The predicted octanol–water partition coefficient (Wildman–Crippen LogP) is 3.42. The van der Waals surface area contributed by atoms with Gasteiger partial charge in [-0.1, -0.05) is 19.9 Å². The Balaban J connectivity index is 2.60. The molecular weight excluding hydrogens is 304 g/mol. The molecule has 1 rings (SSSR count). The van der Waals surface area contributed by atoms with Crippen molar-refractivity contribution in [2.24, 2.45) is 0 Å². The molecule has 0 aromatic heterocycles. The van der Waals surface area contributed by atoms with E-state index < -0.39 is 0 Å². The largest absolute Gasteiger partial charge is 0.380 e. The van der Waals surface area contributed by atoms with Crippen molar-refractivity contribution < 1.29 is 4.74 Å². The molecule has 4 heteroatoms. The number of hydrogen-bond acceptors (Lipinski definition) is 3. The van der Waals surface area contributed by atoms with E-state index in [2.05, 4.69) is 65.2 Å². The SMILES string of the molecule is CCOCCN(C)c1ccc(CNC(C)C)cc1Br. The van der Waals surface area contributed by atoms with Crippen LogP contribution >= 0.6 is 15.9 Å². The normalized spacial score (nSPS) is 11.1. The molecule has 1 N–H and O–H groups in total. The summed E-state index contributed by atoms with van der Waals surface area (Å²) in [7, 11) is 2.09. The van der Waals surface area contributed by atoms with Crippen LogP contribution in [0.1, 0.15) is 26.3 Å². The molecule has 0 aliphatic rings. The highest BCUT2D eigenvalue weighted by molar-refractivity contribution is 9.10. The highest BCUT2D eigenvalue weighted by Crippen LogP contribution is 2.26. The van der Waals surface area contributed by atoms with Crippen LogP contribution in [0.4, 0.5) is 5.69 Å². The highest BCUT2D eigenvalue weighted by atomic mass is 79.9. The third kappa shape index (κ3) is 5.93. The Labute approximate surface area is 125 Å². The fraction of sp³-hybridized carbons (Fsp3) is 0.600. The van der Waals surface area contributed by atoms with Crippen molar-refractivity contribution in [1.82, 2.24) is 5.32 Å². The molecule has 0 aliphatic carbocycles. The first-order valence-electron chi connectivity index (χ1n) is 6.85. The van der Waals surface area contributed by atoms with Gasteiger partial charge >= 0.3 is 0 Å². The van der Waals surface area contributed by atoms with Gasteiger partial charge in [-0.3, -0.25) is 0 Å². The Kier molecular flexibility index (Phi) is 7.42. The lowest BCUT2D eigenvalue weighted by molar-refractivity contribution is 0.154. The van der Waals surface area contributed by atoms with Gasteiger partial charge in [-0.2, -0.15) is 0 Å². The second-order valence-corrected chi connectivity index (χ2v) is 5.79. The Morgan fingerprint density at radius 1 is 1.37 bits per heavy atom. The first-order valence-corrected chi connectivity index (χ1v) is 7.64. The van der Waals surface area contributed by atoms with Crippen LogP contribution in [0, 0.1) is 0 Å². The van der Waals surface area contributed by atoms with Crippen molar-refractivity contribution in [3.8, 4) is 0 Å². The molecule has 1 aromatic carbocycles. The molecule has 0 fully saturated rings. The van der Waals surface area contributed by atoms with Crippen molar-refractivity contribution in [2.75, 3.05) is 31.7 Å². The average molecular weight is 329 g/mol. The number of anilines is 1. The maximum absolute atomic E-state index is 5.39. The number of hydrogen-bond donors (Lipinski definition) is 1. The zero-order valence-electron chi connectivity index (χ0n) is 12.4. The first-order chi connectivity index (χ1) is 9.04. The number of ether oxygens (including phenoxy) is 1. The van der Waals surface area contributed by atoms with Crippen LogP contribution in [-0.4, -0.2) is 32.8 Å². The molecule has 0 amide bonds. The molecular formula is C15H25BrN2O. The number of nitrogens with zero attached hydrogens (tertiary/aromatic N) is 1. The van der Waals surface area contributed by atoms with E-state index in [0.29, 0.717) is 6.04 Å². The summed E-state index contributed by atoms with van der Waals surface area (Å²) in [6, 6.07) is 7.02. The Bertz CT molecular complexity index is 382. The minimum Gasteiger partial charge on any atom is -0.380 e. The van der Waals surface area contributed by atoms with Crippen LogP contribution in [0.2, 0.25) is 0 Å². The van der Waals surface area contributed by atoms with Gasteiger partial charge < -0.3 is 15.0 Å². The predicted molar refractivity (Wildman–Crippen MR) is 85.9 cm³/mol. The molecule has 0 saturated carbocycles. The van der Waals surface area contributed by atoms with Crippen molar-refractivity contribution >= 4 is 21.6 Å². The monoisotopic (exact) mass is 328 g/mol. The summed E-state index contributed by atoms with van der Waals surface area (Å²) in [4.78, 5) is 2.21. The van der Waals surface area contributed by atoms with Gasteiger partial charge in [-0.25, -0.2) is 0 Å². The number of nitrogens with one attached hydrogen (secondary N) is 1. The van der Waals surface area contributed by atoms with Gasteiger partial charge in [0.1, 0.15) is 0 Å². The van der Waals surface area contributed by atoms with E-state index in [0.717, 1.165) is 30.8 Å². The zero-order valence-corrected chi connectivity index (χ0v) is 14.0. The van der Waals surface area contributed by atoms with E-state index in [1.54, 1.807) is 0 Å². The van der Waals surface area contributed by atoms with E-state index in [1.807, 2.05) is 6.92 Å². The van der Waals surface area contributed by atoms with Gasteiger partial charge in [-0.15, -0.1) is 0 Å². The lowest BCUT2D eigenvalue weighted by atomic mass is 10.2. The smallest absolute Gasteiger partial charge is 0.0641 e. The maximum Gasteiger partial charge on any atom is 0.0641 e. The minimum atomic E-state index is 0.507. The lowest BCUT2D eigenvalue weighted by Crippen LogP contribution is -2.23. The topological polar surface area (TPSA) is 24.5 Å². The fourth-order valence-electron chi connectivity index (χ4n) is 1.76. The molecule has 0 aliphatic heterocycles. The third-order valence-corrected chi connectivity index (χ3v) is 3.55. The van der Waals surface area contributed by atoms with Crippen LogP contribution in [0.25, 0.3) is 0 Å². The van der Waals surface area contributed by atoms with E-state index in [1.165, 1.54) is 11.3 Å². The highest BCUT2D eigenvalue weighted by Gasteiger charge is 2.06. The van der Waals surface area contributed by atoms with Crippen LogP contribution in [0.3, 0.4) is 0 Å². The molecule has 0 saturated heterocycles. The van der Waals surface area contributed by atoms with Crippen molar-refractivity contribution in [1.29, 1.82) is 0 Å². The summed E-state index contributed by atoms with van der Waals surface area (Å²) in [5.41, 5.74) is 2.50. The average Bonchev–Trinajstić information content (AvgIpc) is 2.36. The van der Waals surface area contributed by atoms with Crippen LogP contribution in [0.5, 0.6) is 0 Å². The summed E-state index contributed by atoms with van der Waals surface area (Å²) in [6.07, 6.45) is 0. The van der Waals surface area contributed by atoms with Gasteiger partial charge in [0.25, 0.3) is 0 Å². The number of benzene rings is 1. The first kappa shape index (κ1) is 16.5. The van der Waals surface area contributed by atoms with Gasteiger partial charge in [0.2, 0.25) is 0 Å². The molecule has 0 bridgehead atoms. The summed E-state index contributed by atoms with van der Waals surface area (Å²) >= 11 is 3.65. The van der Waals surface area contributed by atoms with Crippen molar-refractivity contribution in [2.45, 2.75) is 33.4 Å². The Morgan fingerprint density at radius 2 is 2.11 bits per heavy atom. The van der Waals surface area contributed by atoms with Gasteiger partial charge in [0, 0.05) is 37.3 Å². The molecule has 0 atom stereocenters. The molecule has 0 spiro atoms. The molecule has 0 heterocycles. The quantitative estimate of drug-likeness (QED) is 0.740. The third-order valence-electron chi connectivity index (χ3n) is 2.91. The Morgan fingerprint density at radius 3 is 2.68 bits per heavy atom. The molecule has 19 heavy (non-hydrogen) atoms. The number of likely N-dealkylation sites (N-methyl/N-ethyl adjacent to an activating group) is 1. The lowest BCUT2D eigenvalue weighted by Gasteiger charge is -2.21. The molecule has 108 valence electrons. The molecule has 0 radical (unpaired) electrons. The van der Waals surface area contributed by atoms with Crippen molar-refractivity contribution in [3.05, 3.63) is 28.2 Å². The van der Waals surface area contributed by atoms with Gasteiger partial charge in [0.15, 0.2) is 0 Å². The minimum absolute atomic E-state index is 0.507. The summed E-state index contributed by atoms with van der Waals surface area (Å²) in [5.74, 6) is 0. The van der Waals surface area contributed by atoms with Crippen LogP contribution < -0.4 is 10.2 Å². The van der Waals surface area contributed by atoms with Gasteiger partial charge in [-0.05, 0) is 40.5 Å². The standard InChI is InChI=1S/C15H25BrN2O/c1-5-19-9-8-18(4)15-7-6-13(10-14(15)16)11-17-12(2)3/h6-7,10,12,17H,5,8-9,11H2,1-4H3. The molecule has 3 nitrogen and oxygen atoms in total. The molecule has 1 aromatic rings. The summed E-state index contributed by atoms with van der Waals surface area (Å²) in [6.45, 7) is 9.67. The van der Waals surface area contributed by atoms with Gasteiger partial charge in [0.05, 0.1) is 12.3 Å². The van der Waals surface area contributed by atoms with E-state index >= 15 is 0 Å². The maximum atomic E-state index is 5.39. The number of rotatable bonds is 8. The van der Waals surface area contributed by atoms with E-state index in [-0.39, 0.29) is 0 Å². The summed E-state index contributed by atoms with van der Waals surface area (Å²) in [5, 5.41) is 3.43. The second kappa shape index (κ2) is 8.56. The van der Waals surface area contributed by atoms with Crippen molar-refractivity contribution in [3.63, 3.8) is 0 Å².